The van der Waals surface area contributed by atoms with Gasteiger partial charge in [0.2, 0.25) is 0 Å². The molecule has 0 aliphatic carbocycles. The highest BCUT2D eigenvalue weighted by Gasteiger charge is 2.08. The summed E-state index contributed by atoms with van der Waals surface area (Å²) in [6.07, 6.45) is 0.893. The van der Waals surface area contributed by atoms with Crippen LogP contribution in [0.5, 0.6) is 0 Å². The molecule has 0 spiro atoms. The second kappa shape index (κ2) is 8.99. The molecule has 0 fully saturated rings. The van der Waals surface area contributed by atoms with E-state index in [1.807, 2.05) is 54.6 Å². The van der Waals surface area contributed by atoms with Crippen LogP contribution in [0.4, 0.5) is 8.78 Å². The van der Waals surface area contributed by atoms with E-state index in [0.717, 1.165) is 16.7 Å². The molecule has 3 aromatic rings. The highest BCUT2D eigenvalue weighted by molar-refractivity contribution is 6.13. The smallest absolute Gasteiger partial charge is 0.132 e. The zero-order chi connectivity index (χ0) is 19.1. The normalized spacial score (nSPS) is 13.1. The summed E-state index contributed by atoms with van der Waals surface area (Å²) < 4.78 is 26.9. The summed E-state index contributed by atoms with van der Waals surface area (Å²) in [6.45, 7) is 1.54. The first-order chi connectivity index (χ1) is 13.1. The number of halogens is 2. The standard InChI is InChI=1S/C23H20F2N2/c1-17(24)15-18-11-13-20(14-12-18)23(19-7-3-2-4-8-19)27-26-16-21-9-5-6-10-22(21)25/h2-14,16-17H,15H2,1H3. The van der Waals surface area contributed by atoms with Gasteiger partial charge in [0.1, 0.15) is 17.7 Å². The van der Waals surface area contributed by atoms with Gasteiger partial charge in [0.25, 0.3) is 0 Å². The van der Waals surface area contributed by atoms with Crippen molar-refractivity contribution in [1.82, 2.24) is 0 Å². The van der Waals surface area contributed by atoms with Gasteiger partial charge in [-0.25, -0.2) is 8.78 Å². The molecule has 27 heavy (non-hydrogen) atoms. The van der Waals surface area contributed by atoms with Crippen LogP contribution in [0.15, 0.2) is 89.1 Å². The minimum atomic E-state index is -0.886. The molecule has 0 saturated heterocycles. The van der Waals surface area contributed by atoms with Gasteiger partial charge in [-0.2, -0.15) is 5.10 Å². The Labute approximate surface area is 157 Å². The fourth-order valence-electron chi connectivity index (χ4n) is 2.73. The largest absolute Gasteiger partial charge is 0.247 e. The first-order valence-corrected chi connectivity index (χ1v) is 8.78. The average Bonchev–Trinajstić information content (AvgIpc) is 2.68. The van der Waals surface area contributed by atoms with E-state index in [9.17, 15) is 8.78 Å². The maximum absolute atomic E-state index is 13.7. The maximum atomic E-state index is 13.7. The van der Waals surface area contributed by atoms with Crippen LogP contribution in [-0.2, 0) is 6.42 Å². The molecule has 3 rings (SSSR count). The molecular formula is C23H20F2N2. The summed E-state index contributed by atoms with van der Waals surface area (Å²) in [7, 11) is 0. The van der Waals surface area contributed by atoms with Gasteiger partial charge in [-0.15, -0.1) is 5.10 Å². The van der Waals surface area contributed by atoms with Crippen molar-refractivity contribution in [1.29, 1.82) is 0 Å². The number of alkyl halides is 1. The molecule has 1 atom stereocenters. The predicted molar refractivity (Wildman–Crippen MR) is 107 cm³/mol. The molecule has 0 heterocycles. The molecule has 0 radical (unpaired) electrons. The Morgan fingerprint density at radius 1 is 0.889 bits per heavy atom. The van der Waals surface area contributed by atoms with E-state index in [2.05, 4.69) is 10.2 Å². The molecule has 0 aromatic heterocycles. The van der Waals surface area contributed by atoms with Crippen LogP contribution in [0.3, 0.4) is 0 Å². The van der Waals surface area contributed by atoms with Crippen LogP contribution in [-0.4, -0.2) is 18.1 Å². The van der Waals surface area contributed by atoms with Crippen molar-refractivity contribution in [2.45, 2.75) is 19.5 Å². The van der Waals surface area contributed by atoms with Crippen LogP contribution in [0.2, 0.25) is 0 Å². The van der Waals surface area contributed by atoms with E-state index in [1.54, 1.807) is 25.1 Å². The molecular weight excluding hydrogens is 342 g/mol. The number of benzene rings is 3. The second-order valence-electron chi connectivity index (χ2n) is 6.26. The predicted octanol–water partition coefficient (Wildman–Crippen LogP) is 5.60. The molecule has 136 valence electrons. The van der Waals surface area contributed by atoms with E-state index in [1.165, 1.54) is 12.3 Å². The molecule has 0 saturated carbocycles. The molecule has 1 unspecified atom stereocenters. The third kappa shape index (κ3) is 5.17. The van der Waals surface area contributed by atoms with Gasteiger partial charge in [-0.05, 0) is 18.6 Å². The molecule has 0 aliphatic rings. The van der Waals surface area contributed by atoms with Gasteiger partial charge in [0.05, 0.1) is 6.21 Å². The Bertz CT molecular complexity index is 930. The summed E-state index contributed by atoms with van der Waals surface area (Å²) in [5.41, 5.74) is 3.73. The Kier molecular flexibility index (Phi) is 6.21. The van der Waals surface area contributed by atoms with Gasteiger partial charge >= 0.3 is 0 Å². The molecule has 2 nitrogen and oxygen atoms in total. The van der Waals surface area contributed by atoms with E-state index in [0.29, 0.717) is 17.7 Å². The molecule has 0 amide bonds. The molecule has 0 bridgehead atoms. The highest BCUT2D eigenvalue weighted by Crippen LogP contribution is 2.14. The fourth-order valence-corrected chi connectivity index (χ4v) is 2.73. The van der Waals surface area contributed by atoms with Crippen molar-refractivity contribution in [2.24, 2.45) is 10.2 Å². The summed E-state index contributed by atoms with van der Waals surface area (Å²) in [5.74, 6) is -0.345. The van der Waals surface area contributed by atoms with Crippen LogP contribution in [0.25, 0.3) is 0 Å². The van der Waals surface area contributed by atoms with E-state index < -0.39 is 6.17 Å². The lowest BCUT2D eigenvalue weighted by atomic mass is 10.00. The van der Waals surface area contributed by atoms with Gasteiger partial charge in [-0.1, -0.05) is 72.8 Å². The molecule has 0 aliphatic heterocycles. The van der Waals surface area contributed by atoms with Crippen molar-refractivity contribution >= 4 is 11.9 Å². The lowest BCUT2D eigenvalue weighted by Gasteiger charge is -2.08. The van der Waals surface area contributed by atoms with Crippen LogP contribution in [0, 0.1) is 5.82 Å². The summed E-state index contributed by atoms with van der Waals surface area (Å²) in [4.78, 5) is 0. The number of nitrogens with zero attached hydrogens (tertiary/aromatic N) is 2. The maximum Gasteiger partial charge on any atom is 0.132 e. The molecule has 0 N–H and O–H groups in total. The van der Waals surface area contributed by atoms with Crippen LogP contribution < -0.4 is 0 Å². The summed E-state index contributed by atoms with van der Waals surface area (Å²) >= 11 is 0. The first kappa shape index (κ1) is 18.6. The minimum Gasteiger partial charge on any atom is -0.247 e. The van der Waals surface area contributed by atoms with Crippen molar-refractivity contribution in [3.8, 4) is 0 Å². The van der Waals surface area contributed by atoms with Crippen LogP contribution in [0.1, 0.15) is 29.2 Å². The Balaban J connectivity index is 1.93. The fraction of sp³-hybridized carbons (Fsp3) is 0.130. The van der Waals surface area contributed by atoms with Gasteiger partial charge in [-0.3, -0.25) is 0 Å². The van der Waals surface area contributed by atoms with E-state index in [-0.39, 0.29) is 5.82 Å². The van der Waals surface area contributed by atoms with Crippen molar-refractivity contribution < 1.29 is 8.78 Å². The second-order valence-corrected chi connectivity index (χ2v) is 6.26. The van der Waals surface area contributed by atoms with Crippen molar-refractivity contribution in [3.05, 3.63) is 107 Å². The minimum absolute atomic E-state index is 0.345. The Morgan fingerprint density at radius 2 is 1.52 bits per heavy atom. The van der Waals surface area contributed by atoms with Gasteiger partial charge < -0.3 is 0 Å². The third-order valence-corrected chi connectivity index (χ3v) is 4.05. The van der Waals surface area contributed by atoms with E-state index in [4.69, 9.17) is 0 Å². The quantitative estimate of drug-likeness (QED) is 0.403. The monoisotopic (exact) mass is 362 g/mol. The first-order valence-electron chi connectivity index (χ1n) is 8.78. The zero-order valence-corrected chi connectivity index (χ0v) is 15.0. The van der Waals surface area contributed by atoms with Crippen molar-refractivity contribution in [3.63, 3.8) is 0 Å². The lowest BCUT2D eigenvalue weighted by Crippen LogP contribution is -2.04. The van der Waals surface area contributed by atoms with Gasteiger partial charge in [0.15, 0.2) is 0 Å². The summed E-state index contributed by atoms with van der Waals surface area (Å²) in [6, 6.07) is 23.6. The number of rotatable bonds is 6. The summed E-state index contributed by atoms with van der Waals surface area (Å²) in [5, 5.41) is 8.43. The van der Waals surface area contributed by atoms with Gasteiger partial charge in [0, 0.05) is 23.1 Å². The molecule has 3 aromatic carbocycles. The Morgan fingerprint density at radius 3 is 2.19 bits per heavy atom. The Hall–Kier alpha value is -3.14. The number of hydrogen-bond donors (Lipinski definition) is 0. The highest BCUT2D eigenvalue weighted by atomic mass is 19.1. The average molecular weight is 362 g/mol. The molecule has 4 heteroatoms. The van der Waals surface area contributed by atoms with Crippen molar-refractivity contribution in [2.75, 3.05) is 0 Å². The SMILES string of the molecule is CC(F)Cc1ccc(C(=NN=Cc2ccccc2F)c2ccccc2)cc1. The zero-order valence-electron chi connectivity index (χ0n) is 15.0. The van der Waals surface area contributed by atoms with E-state index >= 15 is 0 Å². The number of hydrogen-bond acceptors (Lipinski definition) is 2. The lowest BCUT2D eigenvalue weighted by molar-refractivity contribution is 0.360. The topological polar surface area (TPSA) is 24.7 Å². The third-order valence-electron chi connectivity index (χ3n) is 4.05. The van der Waals surface area contributed by atoms with Crippen LogP contribution >= 0.6 is 0 Å².